The van der Waals surface area contributed by atoms with E-state index >= 15 is 0 Å². The van der Waals surface area contributed by atoms with Crippen molar-refractivity contribution in [3.05, 3.63) is 46.7 Å². The highest BCUT2D eigenvalue weighted by Gasteiger charge is 2.41. The molecule has 0 saturated carbocycles. The number of anilines is 1. The molecule has 2 aliphatic rings. The van der Waals surface area contributed by atoms with Gasteiger partial charge in [-0.1, -0.05) is 6.07 Å². The number of amides is 2. The summed E-state index contributed by atoms with van der Waals surface area (Å²) in [5.74, 6) is -1.69. The van der Waals surface area contributed by atoms with Crippen LogP contribution in [0.4, 0.5) is 9.52 Å². The standard InChI is InChI=1S/C18H18FN3O4S/c19-13-3-1-2-12(10-13)15(23)21-17-20-14(11-27-17)16(24)22-6-4-18(5-7-22)25-8-9-26-18/h1-3,10-11H,4-9H2,(H,20,21,23). The van der Waals surface area contributed by atoms with Gasteiger partial charge in [-0.3, -0.25) is 14.9 Å². The van der Waals surface area contributed by atoms with Crippen LogP contribution in [0.25, 0.3) is 0 Å². The Morgan fingerprint density at radius 2 is 1.96 bits per heavy atom. The monoisotopic (exact) mass is 391 g/mol. The SMILES string of the molecule is O=C(Nc1nc(C(=O)N2CCC3(CC2)OCCO3)cs1)c1cccc(F)c1. The number of nitrogens with one attached hydrogen (secondary N) is 1. The molecule has 0 unspecified atom stereocenters. The van der Waals surface area contributed by atoms with Gasteiger partial charge in [-0.05, 0) is 18.2 Å². The van der Waals surface area contributed by atoms with E-state index in [9.17, 15) is 14.0 Å². The van der Waals surface area contributed by atoms with Crippen LogP contribution < -0.4 is 5.32 Å². The van der Waals surface area contributed by atoms with E-state index in [4.69, 9.17) is 9.47 Å². The number of nitrogens with zero attached hydrogens (tertiary/aromatic N) is 2. The highest BCUT2D eigenvalue weighted by Crippen LogP contribution is 2.32. The molecule has 1 N–H and O–H groups in total. The molecule has 2 amide bonds. The number of hydrogen-bond acceptors (Lipinski definition) is 6. The van der Waals surface area contributed by atoms with E-state index in [1.54, 1.807) is 10.3 Å². The molecule has 1 aromatic carbocycles. The van der Waals surface area contributed by atoms with Crippen LogP contribution in [-0.4, -0.2) is 53.8 Å². The number of halogens is 1. The van der Waals surface area contributed by atoms with E-state index in [1.165, 1.54) is 18.2 Å². The zero-order valence-corrected chi connectivity index (χ0v) is 15.3. The van der Waals surface area contributed by atoms with Gasteiger partial charge < -0.3 is 14.4 Å². The third-order valence-corrected chi connectivity index (χ3v) is 5.41. The first-order valence-electron chi connectivity index (χ1n) is 8.64. The predicted molar refractivity (Wildman–Crippen MR) is 96.2 cm³/mol. The lowest BCUT2D eigenvalue weighted by Gasteiger charge is -2.37. The van der Waals surface area contributed by atoms with Crippen LogP contribution in [0.3, 0.4) is 0 Å². The number of carbonyl (C=O) groups is 2. The molecule has 1 aromatic heterocycles. The number of carbonyl (C=O) groups excluding carboxylic acids is 2. The first kappa shape index (κ1) is 18.0. The van der Waals surface area contributed by atoms with Gasteiger partial charge in [0.25, 0.3) is 11.8 Å². The average molecular weight is 391 g/mol. The van der Waals surface area contributed by atoms with Crippen molar-refractivity contribution in [2.24, 2.45) is 0 Å². The summed E-state index contributed by atoms with van der Waals surface area (Å²) in [5, 5.41) is 4.50. The Morgan fingerprint density at radius 1 is 1.22 bits per heavy atom. The van der Waals surface area contributed by atoms with E-state index in [-0.39, 0.29) is 17.2 Å². The van der Waals surface area contributed by atoms with Crippen LogP contribution in [0.2, 0.25) is 0 Å². The molecule has 1 spiro atoms. The van der Waals surface area contributed by atoms with Crippen LogP contribution in [0.5, 0.6) is 0 Å². The zero-order valence-electron chi connectivity index (χ0n) is 14.4. The number of ether oxygens (including phenoxy) is 2. The van der Waals surface area contributed by atoms with Crippen molar-refractivity contribution in [2.45, 2.75) is 18.6 Å². The Kier molecular flexibility index (Phi) is 4.90. The lowest BCUT2D eigenvalue weighted by atomic mass is 10.0. The van der Waals surface area contributed by atoms with Gasteiger partial charge in [0.2, 0.25) is 0 Å². The molecule has 4 rings (SSSR count). The summed E-state index contributed by atoms with van der Waals surface area (Å²) in [5.41, 5.74) is 0.467. The van der Waals surface area contributed by atoms with Gasteiger partial charge in [0.1, 0.15) is 11.5 Å². The van der Waals surface area contributed by atoms with Gasteiger partial charge in [0.05, 0.1) is 13.2 Å². The summed E-state index contributed by atoms with van der Waals surface area (Å²) in [4.78, 5) is 30.7. The lowest BCUT2D eigenvalue weighted by Crippen LogP contribution is -2.47. The van der Waals surface area contributed by atoms with Crippen LogP contribution in [-0.2, 0) is 9.47 Å². The molecule has 0 aliphatic carbocycles. The highest BCUT2D eigenvalue weighted by molar-refractivity contribution is 7.14. The van der Waals surface area contributed by atoms with Gasteiger partial charge in [-0.25, -0.2) is 9.37 Å². The third kappa shape index (κ3) is 3.85. The van der Waals surface area contributed by atoms with Crippen molar-refractivity contribution in [1.82, 2.24) is 9.88 Å². The quantitative estimate of drug-likeness (QED) is 0.870. The molecular weight excluding hydrogens is 373 g/mol. The maximum Gasteiger partial charge on any atom is 0.273 e. The normalized spacial score (nSPS) is 18.6. The number of piperidine rings is 1. The van der Waals surface area contributed by atoms with Crippen molar-refractivity contribution >= 4 is 28.3 Å². The predicted octanol–water partition coefficient (Wildman–Crippen LogP) is 2.51. The molecule has 3 heterocycles. The first-order valence-corrected chi connectivity index (χ1v) is 9.52. The number of thiazole rings is 1. The summed E-state index contributed by atoms with van der Waals surface area (Å²) in [6.45, 7) is 2.24. The Hall–Kier alpha value is -2.36. The number of rotatable bonds is 3. The average Bonchev–Trinajstić information content (AvgIpc) is 3.32. The summed E-state index contributed by atoms with van der Waals surface area (Å²) in [7, 11) is 0. The maximum atomic E-state index is 13.2. The minimum Gasteiger partial charge on any atom is -0.347 e. The molecule has 142 valence electrons. The van der Waals surface area contributed by atoms with Gasteiger partial charge in [0, 0.05) is 36.9 Å². The topological polar surface area (TPSA) is 80.8 Å². The van der Waals surface area contributed by atoms with E-state index in [1.807, 2.05) is 0 Å². The molecule has 27 heavy (non-hydrogen) atoms. The minimum absolute atomic E-state index is 0.189. The van der Waals surface area contributed by atoms with E-state index in [0.717, 1.165) is 17.4 Å². The van der Waals surface area contributed by atoms with E-state index in [0.29, 0.717) is 44.3 Å². The summed E-state index contributed by atoms with van der Waals surface area (Å²) >= 11 is 1.15. The van der Waals surface area contributed by atoms with Gasteiger partial charge in [-0.15, -0.1) is 11.3 Å². The molecule has 0 bridgehead atoms. The second-order valence-electron chi connectivity index (χ2n) is 6.40. The largest absolute Gasteiger partial charge is 0.347 e. The smallest absolute Gasteiger partial charge is 0.273 e. The Labute approximate surface area is 159 Å². The Morgan fingerprint density at radius 3 is 2.67 bits per heavy atom. The molecule has 7 nitrogen and oxygen atoms in total. The summed E-state index contributed by atoms with van der Waals surface area (Å²) < 4.78 is 24.6. The molecule has 9 heteroatoms. The third-order valence-electron chi connectivity index (χ3n) is 4.66. The van der Waals surface area contributed by atoms with Gasteiger partial charge in [0.15, 0.2) is 10.9 Å². The number of likely N-dealkylation sites (tertiary alicyclic amines) is 1. The van der Waals surface area contributed by atoms with Crippen LogP contribution >= 0.6 is 11.3 Å². The van der Waals surface area contributed by atoms with Gasteiger partial charge >= 0.3 is 0 Å². The second kappa shape index (κ2) is 7.34. The van der Waals surface area contributed by atoms with E-state index < -0.39 is 17.5 Å². The molecule has 0 atom stereocenters. The molecule has 2 fully saturated rings. The lowest BCUT2D eigenvalue weighted by molar-refractivity contribution is -0.181. The molecule has 2 aliphatic heterocycles. The minimum atomic E-state index is -0.539. The fourth-order valence-corrected chi connectivity index (χ4v) is 3.91. The number of benzene rings is 1. The van der Waals surface area contributed by atoms with Crippen LogP contribution in [0.15, 0.2) is 29.6 Å². The number of hydrogen-bond donors (Lipinski definition) is 1. The number of aromatic nitrogens is 1. The van der Waals surface area contributed by atoms with Crippen LogP contribution in [0, 0.1) is 5.82 Å². The van der Waals surface area contributed by atoms with Crippen molar-refractivity contribution in [3.63, 3.8) is 0 Å². The fraction of sp³-hybridized carbons (Fsp3) is 0.389. The Balaban J connectivity index is 1.37. The highest BCUT2D eigenvalue weighted by atomic mass is 32.1. The van der Waals surface area contributed by atoms with Crippen molar-refractivity contribution < 1.29 is 23.5 Å². The van der Waals surface area contributed by atoms with Crippen molar-refractivity contribution in [3.8, 4) is 0 Å². The molecule has 0 radical (unpaired) electrons. The van der Waals surface area contributed by atoms with Crippen molar-refractivity contribution in [2.75, 3.05) is 31.6 Å². The van der Waals surface area contributed by atoms with Crippen molar-refractivity contribution in [1.29, 1.82) is 0 Å². The molecule has 2 aromatic rings. The fourth-order valence-electron chi connectivity index (χ4n) is 3.23. The zero-order chi connectivity index (χ0) is 18.9. The van der Waals surface area contributed by atoms with Gasteiger partial charge in [-0.2, -0.15) is 0 Å². The van der Waals surface area contributed by atoms with Crippen LogP contribution in [0.1, 0.15) is 33.7 Å². The Bertz CT molecular complexity index is 856. The summed E-state index contributed by atoms with van der Waals surface area (Å²) in [6.07, 6.45) is 1.26. The summed E-state index contributed by atoms with van der Waals surface area (Å²) in [6, 6.07) is 5.38. The van der Waals surface area contributed by atoms with E-state index in [2.05, 4.69) is 10.3 Å². The second-order valence-corrected chi connectivity index (χ2v) is 7.26. The molecular formula is C18H18FN3O4S. The first-order chi connectivity index (χ1) is 13.0. The maximum absolute atomic E-state index is 13.2. The molecule has 2 saturated heterocycles.